The topological polar surface area (TPSA) is 93.4 Å². The van der Waals surface area contributed by atoms with Gasteiger partial charge in [0.25, 0.3) is 0 Å². The van der Waals surface area contributed by atoms with Gasteiger partial charge in [-0.25, -0.2) is 9.78 Å². The lowest BCUT2D eigenvalue weighted by Gasteiger charge is -2.32. The third kappa shape index (κ3) is 6.23. The highest BCUT2D eigenvalue weighted by molar-refractivity contribution is 6.07. The molecule has 0 atom stereocenters. The number of anilines is 2. The molecule has 2 saturated heterocycles. The maximum Gasteiger partial charge on any atom is 0.416 e. The number of aromatic nitrogens is 1. The Hall–Kier alpha value is -4.14. The molecule has 2 N–H and O–H groups in total. The maximum absolute atomic E-state index is 13.7. The van der Waals surface area contributed by atoms with Gasteiger partial charge in [0, 0.05) is 68.0 Å². The molecule has 2 fully saturated rings. The summed E-state index contributed by atoms with van der Waals surface area (Å²) in [4.78, 5) is 23.2. The second kappa shape index (κ2) is 12.1. The van der Waals surface area contributed by atoms with Crippen molar-refractivity contribution >= 4 is 28.4 Å². The molecule has 0 saturated carbocycles. The Morgan fingerprint density at radius 2 is 1.48 bits per heavy atom. The number of nitrogens with two attached hydrogens (primary N) is 1. The van der Waals surface area contributed by atoms with Gasteiger partial charge in [0.05, 0.1) is 44.1 Å². The van der Waals surface area contributed by atoms with Gasteiger partial charge in [0.15, 0.2) is 11.5 Å². The summed E-state index contributed by atoms with van der Waals surface area (Å²) in [5, 5.41) is 0.109. The number of morpholine rings is 1. The maximum atomic E-state index is 13.7. The Morgan fingerprint density at radius 1 is 0.841 bits per heavy atom. The Balaban J connectivity index is 1.58. The van der Waals surface area contributed by atoms with Crippen LogP contribution in [0.15, 0.2) is 30.3 Å². The number of ether oxygens (including phenoxy) is 3. The molecule has 2 aliphatic rings. The van der Waals surface area contributed by atoms with Crippen LogP contribution >= 0.6 is 0 Å². The van der Waals surface area contributed by atoms with Crippen molar-refractivity contribution in [3.05, 3.63) is 41.5 Å². The fourth-order valence-electron chi connectivity index (χ4n) is 5.56. The van der Waals surface area contributed by atoms with Crippen LogP contribution in [0.25, 0.3) is 22.0 Å². The van der Waals surface area contributed by atoms with Crippen molar-refractivity contribution in [1.82, 2.24) is 14.8 Å². The lowest BCUT2D eigenvalue weighted by atomic mass is 9.94. The fourth-order valence-corrected chi connectivity index (χ4v) is 5.56. The van der Waals surface area contributed by atoms with E-state index in [1.54, 1.807) is 9.80 Å². The van der Waals surface area contributed by atoms with Crippen molar-refractivity contribution in [2.75, 3.05) is 77.3 Å². The zero-order valence-corrected chi connectivity index (χ0v) is 24.0. The number of hydrogen-bond acceptors (Lipinski definition) is 7. The lowest BCUT2D eigenvalue weighted by molar-refractivity contribution is -0.143. The number of nitrogen functional groups attached to an aromatic ring is 1. The monoisotopic (exact) mass is 627 g/mol. The second-order valence-corrected chi connectivity index (χ2v) is 10.5. The van der Waals surface area contributed by atoms with Gasteiger partial charge in [-0.3, -0.25) is 0 Å². The molecule has 2 amide bonds. The Labute approximate surface area is 249 Å². The van der Waals surface area contributed by atoms with Crippen molar-refractivity contribution in [2.45, 2.75) is 18.8 Å². The summed E-state index contributed by atoms with van der Waals surface area (Å²) in [5.74, 6) is 0.387. The number of alkyl halides is 6. The second-order valence-electron chi connectivity index (χ2n) is 10.5. The molecule has 0 bridgehead atoms. The van der Waals surface area contributed by atoms with Gasteiger partial charge in [0.1, 0.15) is 5.82 Å². The number of fused-ring (bicyclic) bond motifs is 1. The number of halogens is 6. The zero-order valence-electron chi connectivity index (χ0n) is 24.0. The molecule has 2 aromatic carbocycles. The molecule has 3 heterocycles. The predicted molar refractivity (Wildman–Crippen MR) is 151 cm³/mol. The van der Waals surface area contributed by atoms with Gasteiger partial charge >= 0.3 is 18.4 Å². The molecule has 15 heteroatoms. The number of amides is 2. The minimum atomic E-state index is -5.06. The van der Waals surface area contributed by atoms with Crippen LogP contribution in [0.4, 0.5) is 42.6 Å². The van der Waals surface area contributed by atoms with E-state index in [1.807, 2.05) is 4.90 Å². The number of benzene rings is 2. The standard InChI is InChI=1S/C29H31F6N5O4/c1-42-22-16-21-25(24(26(22)43-2)17-12-18(28(30,31)32)14-19(13-17)29(33,34)35)20(36)15-23(37-21)38-4-3-5-39(7-6-38)27(41)40-8-10-44-11-9-40/h12-16H,3-11H2,1-2H3,(H2,36,37). The smallest absolute Gasteiger partial charge is 0.416 e. The summed E-state index contributed by atoms with van der Waals surface area (Å²) >= 11 is 0. The van der Waals surface area contributed by atoms with Crippen LogP contribution in [0.3, 0.4) is 0 Å². The highest BCUT2D eigenvalue weighted by Gasteiger charge is 2.38. The van der Waals surface area contributed by atoms with Crippen LogP contribution < -0.4 is 20.1 Å². The summed E-state index contributed by atoms with van der Waals surface area (Å²) in [6.45, 7) is 3.92. The first-order valence-corrected chi connectivity index (χ1v) is 13.8. The zero-order chi connectivity index (χ0) is 31.8. The number of pyridine rings is 1. The first-order chi connectivity index (χ1) is 20.8. The SMILES string of the molecule is COc1cc2nc(N3CCCN(C(=O)N4CCOCC4)CC3)cc(N)c2c(-c2cc(C(F)(F)F)cc(C(F)(F)F)c2)c1OC. The Bertz CT molecular complexity index is 1510. The minimum Gasteiger partial charge on any atom is -0.493 e. The van der Waals surface area contributed by atoms with E-state index in [4.69, 9.17) is 24.9 Å². The summed E-state index contributed by atoms with van der Waals surface area (Å²) in [7, 11) is 2.52. The summed E-state index contributed by atoms with van der Waals surface area (Å²) in [5.41, 5.74) is 3.24. The van der Waals surface area contributed by atoms with E-state index in [2.05, 4.69) is 0 Å². The number of nitrogens with zero attached hydrogens (tertiary/aromatic N) is 4. The number of urea groups is 1. The van der Waals surface area contributed by atoms with Crippen molar-refractivity contribution < 1.29 is 45.3 Å². The Kier molecular flexibility index (Phi) is 8.60. The first-order valence-electron chi connectivity index (χ1n) is 13.8. The van der Waals surface area contributed by atoms with E-state index in [-0.39, 0.29) is 45.8 Å². The van der Waals surface area contributed by atoms with Gasteiger partial charge in [-0.05, 0) is 30.2 Å². The van der Waals surface area contributed by atoms with Crippen molar-refractivity contribution in [1.29, 1.82) is 0 Å². The average Bonchev–Trinajstić information content (AvgIpc) is 3.25. The van der Waals surface area contributed by atoms with E-state index >= 15 is 0 Å². The van der Waals surface area contributed by atoms with E-state index in [1.165, 1.54) is 26.4 Å². The van der Waals surface area contributed by atoms with Crippen molar-refractivity contribution in [3.63, 3.8) is 0 Å². The van der Waals surface area contributed by atoms with Gasteiger partial charge in [-0.2, -0.15) is 26.3 Å². The molecule has 5 rings (SSSR count). The normalized spacial score (nSPS) is 16.7. The Morgan fingerprint density at radius 3 is 2.07 bits per heavy atom. The van der Waals surface area contributed by atoms with Gasteiger partial charge in [-0.1, -0.05) is 0 Å². The highest BCUT2D eigenvalue weighted by atomic mass is 19.4. The quantitative estimate of drug-likeness (QED) is 0.382. The molecular formula is C29H31F6N5O4. The van der Waals surface area contributed by atoms with E-state index in [9.17, 15) is 31.1 Å². The van der Waals surface area contributed by atoms with Crippen LogP contribution in [0.2, 0.25) is 0 Å². The van der Waals surface area contributed by atoms with Gasteiger partial charge < -0.3 is 34.6 Å². The lowest BCUT2D eigenvalue weighted by Crippen LogP contribution is -2.49. The predicted octanol–water partition coefficient (Wildman–Crippen LogP) is 5.50. The number of carbonyl (C=O) groups is 1. The highest BCUT2D eigenvalue weighted by Crippen LogP contribution is 2.48. The summed E-state index contributed by atoms with van der Waals surface area (Å²) in [6.07, 6.45) is -9.48. The molecule has 0 aliphatic carbocycles. The van der Waals surface area contributed by atoms with Crippen molar-refractivity contribution in [2.24, 2.45) is 0 Å². The number of rotatable bonds is 4. The largest absolute Gasteiger partial charge is 0.493 e. The third-order valence-electron chi connectivity index (χ3n) is 7.71. The summed E-state index contributed by atoms with van der Waals surface area (Å²) < 4.78 is 98.7. The fraction of sp³-hybridized carbons (Fsp3) is 0.448. The molecule has 238 valence electrons. The van der Waals surface area contributed by atoms with E-state index < -0.39 is 29.0 Å². The third-order valence-corrected chi connectivity index (χ3v) is 7.71. The number of methoxy groups -OCH3 is 2. The van der Waals surface area contributed by atoms with Gasteiger partial charge in [0.2, 0.25) is 0 Å². The van der Waals surface area contributed by atoms with Crippen molar-refractivity contribution in [3.8, 4) is 22.6 Å². The number of hydrogen-bond donors (Lipinski definition) is 1. The van der Waals surface area contributed by atoms with Crippen LogP contribution in [-0.2, 0) is 17.1 Å². The van der Waals surface area contributed by atoms with Crippen LogP contribution in [-0.4, -0.2) is 87.5 Å². The van der Waals surface area contributed by atoms with E-state index in [0.29, 0.717) is 76.9 Å². The molecule has 0 spiro atoms. The molecular weight excluding hydrogens is 596 g/mol. The number of carbonyl (C=O) groups excluding carboxylic acids is 1. The average molecular weight is 628 g/mol. The molecule has 0 radical (unpaired) electrons. The first kappa shape index (κ1) is 31.3. The van der Waals surface area contributed by atoms with E-state index in [0.717, 1.165) is 0 Å². The molecule has 0 unspecified atom stereocenters. The molecule has 44 heavy (non-hydrogen) atoms. The molecule has 3 aromatic rings. The molecule has 1 aromatic heterocycles. The minimum absolute atomic E-state index is 0.0446. The molecule has 9 nitrogen and oxygen atoms in total. The van der Waals surface area contributed by atoms with Crippen LogP contribution in [0.5, 0.6) is 11.5 Å². The summed E-state index contributed by atoms with van der Waals surface area (Å²) in [6, 6.07) is 4.23. The van der Waals surface area contributed by atoms with Crippen LogP contribution in [0.1, 0.15) is 17.5 Å². The van der Waals surface area contributed by atoms with Gasteiger partial charge in [-0.15, -0.1) is 0 Å². The van der Waals surface area contributed by atoms with Crippen LogP contribution in [0, 0.1) is 0 Å². The molecule has 2 aliphatic heterocycles.